The fourth-order valence-corrected chi connectivity index (χ4v) is 2.48. The highest BCUT2D eigenvalue weighted by molar-refractivity contribution is 5.77. The van der Waals surface area contributed by atoms with E-state index in [4.69, 9.17) is 5.26 Å². The van der Waals surface area contributed by atoms with Gasteiger partial charge in [-0.15, -0.1) is 0 Å². The second-order valence-electron chi connectivity index (χ2n) is 5.60. The van der Waals surface area contributed by atoms with E-state index in [1.807, 2.05) is 42.5 Å². The van der Waals surface area contributed by atoms with E-state index in [9.17, 15) is 4.79 Å². The maximum Gasteiger partial charge on any atom is 0.223 e. The molecule has 0 spiro atoms. The molecule has 1 aromatic heterocycles. The quantitative estimate of drug-likeness (QED) is 0.786. The molecule has 1 amide bonds. The fourth-order valence-electron chi connectivity index (χ4n) is 2.48. The van der Waals surface area contributed by atoms with Gasteiger partial charge in [0.05, 0.1) is 12.5 Å². The van der Waals surface area contributed by atoms with Crippen LogP contribution in [0.25, 0.3) is 0 Å². The first-order valence-electron chi connectivity index (χ1n) is 7.79. The van der Waals surface area contributed by atoms with Crippen molar-refractivity contribution >= 4 is 5.91 Å². The average Bonchev–Trinajstić information content (AvgIpc) is 2.60. The van der Waals surface area contributed by atoms with E-state index in [1.165, 1.54) is 0 Å². The van der Waals surface area contributed by atoms with Gasteiger partial charge in [0.2, 0.25) is 5.91 Å². The first-order chi connectivity index (χ1) is 11.2. The van der Waals surface area contributed by atoms with Gasteiger partial charge < -0.3 is 4.90 Å². The number of benzene rings is 1. The van der Waals surface area contributed by atoms with Crippen molar-refractivity contribution in [1.29, 1.82) is 5.26 Å². The molecule has 2 rings (SSSR count). The molecular weight excluding hydrogens is 286 g/mol. The molecule has 23 heavy (non-hydrogen) atoms. The number of amides is 1. The van der Waals surface area contributed by atoms with Crippen molar-refractivity contribution in [3.63, 3.8) is 0 Å². The molecule has 0 bridgehead atoms. The SMILES string of the molecule is CC(CC(=O)N(CCC#N)Cc1cccnc1)c1ccccc1. The van der Waals surface area contributed by atoms with Gasteiger partial charge in [0.25, 0.3) is 0 Å². The predicted octanol–water partition coefficient (Wildman–Crippen LogP) is 3.52. The van der Waals surface area contributed by atoms with E-state index in [0.717, 1.165) is 11.1 Å². The Labute approximate surface area is 137 Å². The van der Waals surface area contributed by atoms with Crippen LogP contribution in [0.1, 0.15) is 36.8 Å². The van der Waals surface area contributed by atoms with Gasteiger partial charge in [0.1, 0.15) is 0 Å². The van der Waals surface area contributed by atoms with Crippen molar-refractivity contribution in [2.75, 3.05) is 6.54 Å². The third kappa shape index (κ3) is 5.23. The molecule has 118 valence electrons. The minimum absolute atomic E-state index is 0.0699. The van der Waals surface area contributed by atoms with Crippen molar-refractivity contribution in [3.8, 4) is 6.07 Å². The molecule has 2 aromatic rings. The van der Waals surface area contributed by atoms with E-state index < -0.39 is 0 Å². The van der Waals surface area contributed by atoms with Crippen LogP contribution in [0.2, 0.25) is 0 Å². The Hall–Kier alpha value is -2.67. The second kappa shape index (κ2) is 8.70. The maximum absolute atomic E-state index is 12.6. The van der Waals surface area contributed by atoms with E-state index in [0.29, 0.717) is 25.9 Å². The summed E-state index contributed by atoms with van der Waals surface area (Å²) in [6.07, 6.45) is 4.25. The van der Waals surface area contributed by atoms with Crippen LogP contribution in [0, 0.1) is 11.3 Å². The first-order valence-corrected chi connectivity index (χ1v) is 7.79. The summed E-state index contributed by atoms with van der Waals surface area (Å²) in [5.41, 5.74) is 2.13. The lowest BCUT2D eigenvalue weighted by atomic mass is 9.97. The van der Waals surface area contributed by atoms with Crippen molar-refractivity contribution in [3.05, 3.63) is 66.0 Å². The lowest BCUT2D eigenvalue weighted by Crippen LogP contribution is -2.32. The summed E-state index contributed by atoms with van der Waals surface area (Å²) in [6.45, 7) is 3.00. The largest absolute Gasteiger partial charge is 0.337 e. The fraction of sp³-hybridized carbons (Fsp3) is 0.316. The smallest absolute Gasteiger partial charge is 0.223 e. The molecule has 0 radical (unpaired) electrons. The Bertz CT molecular complexity index is 649. The number of rotatable bonds is 7. The van der Waals surface area contributed by atoms with Gasteiger partial charge in [-0.1, -0.05) is 43.3 Å². The standard InChI is InChI=1S/C19H21N3O/c1-16(18-8-3-2-4-9-18)13-19(23)22(12-6-10-20)15-17-7-5-11-21-14-17/h2-5,7-9,11,14,16H,6,12-13,15H2,1H3. The summed E-state index contributed by atoms with van der Waals surface area (Å²) in [5.74, 6) is 0.225. The number of aromatic nitrogens is 1. The highest BCUT2D eigenvalue weighted by Gasteiger charge is 2.18. The van der Waals surface area contributed by atoms with Crippen molar-refractivity contribution in [1.82, 2.24) is 9.88 Å². The van der Waals surface area contributed by atoms with Gasteiger partial charge >= 0.3 is 0 Å². The van der Waals surface area contributed by atoms with E-state index in [2.05, 4.69) is 18.0 Å². The van der Waals surface area contributed by atoms with Crippen LogP contribution in [0.15, 0.2) is 54.9 Å². The molecule has 0 aliphatic carbocycles. The normalized spacial score (nSPS) is 11.5. The maximum atomic E-state index is 12.6. The molecule has 1 aromatic carbocycles. The number of hydrogen-bond donors (Lipinski definition) is 0. The number of nitrogens with zero attached hydrogens (tertiary/aromatic N) is 3. The summed E-state index contributed by atoms with van der Waals surface area (Å²) in [5, 5.41) is 8.82. The lowest BCUT2D eigenvalue weighted by molar-refractivity contribution is -0.132. The Morgan fingerprint density at radius 3 is 2.70 bits per heavy atom. The van der Waals surface area contributed by atoms with Gasteiger partial charge in [-0.25, -0.2) is 0 Å². The van der Waals surface area contributed by atoms with Crippen LogP contribution in [0.3, 0.4) is 0 Å². The molecule has 0 fully saturated rings. The topological polar surface area (TPSA) is 57.0 Å². The number of carbonyl (C=O) groups is 1. The molecule has 0 saturated carbocycles. The molecule has 1 atom stereocenters. The van der Waals surface area contributed by atoms with Crippen LogP contribution in [0.4, 0.5) is 0 Å². The zero-order valence-corrected chi connectivity index (χ0v) is 13.4. The average molecular weight is 307 g/mol. The number of nitriles is 1. The van der Waals surface area contributed by atoms with E-state index in [1.54, 1.807) is 17.3 Å². The molecule has 0 aliphatic rings. The highest BCUT2D eigenvalue weighted by Crippen LogP contribution is 2.20. The van der Waals surface area contributed by atoms with Crippen LogP contribution < -0.4 is 0 Å². The highest BCUT2D eigenvalue weighted by atomic mass is 16.2. The third-order valence-electron chi connectivity index (χ3n) is 3.79. The summed E-state index contributed by atoms with van der Waals surface area (Å²) in [4.78, 5) is 18.5. The molecule has 0 saturated heterocycles. The first kappa shape index (κ1) is 16.7. The number of hydrogen-bond acceptors (Lipinski definition) is 3. The summed E-state index contributed by atoms with van der Waals surface area (Å²) in [6, 6.07) is 15.9. The minimum Gasteiger partial charge on any atom is -0.337 e. The van der Waals surface area contributed by atoms with Crippen LogP contribution >= 0.6 is 0 Å². The Kier molecular flexibility index (Phi) is 6.31. The summed E-state index contributed by atoms with van der Waals surface area (Å²) >= 11 is 0. The molecule has 1 heterocycles. The molecule has 4 heteroatoms. The minimum atomic E-state index is 0.0699. The Balaban J connectivity index is 2.03. The zero-order chi connectivity index (χ0) is 16.5. The van der Waals surface area contributed by atoms with Gasteiger partial charge in [-0.2, -0.15) is 5.26 Å². The van der Waals surface area contributed by atoms with Crippen molar-refractivity contribution in [2.45, 2.75) is 32.2 Å². The molecule has 0 aliphatic heterocycles. The van der Waals surface area contributed by atoms with Gasteiger partial charge in [0, 0.05) is 31.9 Å². The third-order valence-corrected chi connectivity index (χ3v) is 3.79. The molecule has 1 unspecified atom stereocenters. The Morgan fingerprint density at radius 2 is 2.04 bits per heavy atom. The van der Waals surface area contributed by atoms with E-state index >= 15 is 0 Å². The van der Waals surface area contributed by atoms with Crippen LogP contribution in [-0.2, 0) is 11.3 Å². The Morgan fingerprint density at radius 1 is 1.26 bits per heavy atom. The molecule has 0 N–H and O–H groups in total. The molecule has 4 nitrogen and oxygen atoms in total. The van der Waals surface area contributed by atoms with Crippen molar-refractivity contribution < 1.29 is 4.79 Å². The van der Waals surface area contributed by atoms with Crippen molar-refractivity contribution in [2.24, 2.45) is 0 Å². The van der Waals surface area contributed by atoms with Crippen LogP contribution in [0.5, 0.6) is 0 Å². The monoisotopic (exact) mass is 307 g/mol. The summed E-state index contributed by atoms with van der Waals surface area (Å²) < 4.78 is 0. The predicted molar refractivity (Wildman–Crippen MR) is 89.4 cm³/mol. The number of carbonyl (C=O) groups excluding carboxylic acids is 1. The van der Waals surface area contributed by atoms with Gasteiger partial charge in [-0.3, -0.25) is 9.78 Å². The van der Waals surface area contributed by atoms with Gasteiger partial charge in [-0.05, 0) is 23.1 Å². The second-order valence-corrected chi connectivity index (χ2v) is 5.60. The zero-order valence-electron chi connectivity index (χ0n) is 13.4. The lowest BCUT2D eigenvalue weighted by Gasteiger charge is -2.23. The van der Waals surface area contributed by atoms with Gasteiger partial charge in [0.15, 0.2) is 0 Å². The number of pyridine rings is 1. The van der Waals surface area contributed by atoms with E-state index in [-0.39, 0.29) is 11.8 Å². The summed E-state index contributed by atoms with van der Waals surface area (Å²) in [7, 11) is 0. The molecular formula is C19H21N3O. The van der Waals surface area contributed by atoms with Crippen LogP contribution in [-0.4, -0.2) is 22.3 Å².